The number of aliphatic carboxylic acids is 1. The number of nitrogens with one attached hydrogen (secondary N) is 1. The predicted molar refractivity (Wildman–Crippen MR) is 206 cm³/mol. The molecule has 2 aromatic heterocycles. The molecule has 2 N–H and O–H groups in total. The van der Waals surface area contributed by atoms with Crippen LogP contribution in [0, 0.1) is 5.82 Å². The van der Waals surface area contributed by atoms with Gasteiger partial charge in [-0.15, -0.1) is 0 Å². The van der Waals surface area contributed by atoms with Crippen LogP contribution in [0.25, 0.3) is 10.9 Å². The Bertz CT molecular complexity index is 1950. The second-order valence-electron chi connectivity index (χ2n) is 13.8. The van der Waals surface area contributed by atoms with E-state index in [1.165, 1.54) is 10.4 Å². The van der Waals surface area contributed by atoms with Crippen molar-refractivity contribution >= 4 is 48.5 Å². The number of benzene rings is 1. The molecule has 11 nitrogen and oxygen atoms in total. The van der Waals surface area contributed by atoms with Gasteiger partial charge < -0.3 is 10.4 Å². The first kappa shape index (κ1) is 41.8. The molecular formula is C39H53FN4O7S2. The monoisotopic (exact) mass is 772 g/mol. The summed E-state index contributed by atoms with van der Waals surface area (Å²) in [6.45, 7) is 0.0337. The van der Waals surface area contributed by atoms with Gasteiger partial charge >= 0.3 is 5.97 Å². The maximum absolute atomic E-state index is 13.9. The number of halogens is 1. The molecule has 1 saturated heterocycles. The Kier molecular flexibility index (Phi) is 16.2. The van der Waals surface area contributed by atoms with Gasteiger partial charge in [0, 0.05) is 42.9 Å². The minimum atomic E-state index is -3.78. The second-order valence-corrected chi connectivity index (χ2v) is 17.8. The number of rotatable bonds is 22. The fourth-order valence-electron chi connectivity index (χ4n) is 6.67. The van der Waals surface area contributed by atoms with Crippen LogP contribution in [0.4, 0.5) is 10.2 Å². The third kappa shape index (κ3) is 12.9. The van der Waals surface area contributed by atoms with Gasteiger partial charge in [-0.25, -0.2) is 26.2 Å². The van der Waals surface area contributed by atoms with Crippen molar-refractivity contribution in [1.82, 2.24) is 15.3 Å². The lowest BCUT2D eigenvalue weighted by atomic mass is 10.00. The third-order valence-electron chi connectivity index (χ3n) is 9.48. The topological polar surface area (TPSA) is 164 Å². The summed E-state index contributed by atoms with van der Waals surface area (Å²) in [6.07, 6.45) is 22.2. The highest BCUT2D eigenvalue weighted by Crippen LogP contribution is 2.33. The first-order chi connectivity index (χ1) is 25.4. The third-order valence-corrected chi connectivity index (χ3v) is 12.5. The number of carboxylic acid groups (broad SMARTS) is 1. The molecule has 4 rings (SSSR count). The highest BCUT2D eigenvalue weighted by atomic mass is 32.2. The lowest BCUT2D eigenvalue weighted by Gasteiger charge is -2.29. The molecule has 0 bridgehead atoms. The number of carbonyl (C=O) groups is 2. The molecule has 1 fully saturated rings. The highest BCUT2D eigenvalue weighted by molar-refractivity contribution is 7.92. The SMILES string of the molecule is CS(=O)(=O)c1cc(F)ccc1CNC(=O)c1nc(N2CCCCS2(=O)=O)c2cccnc2c1CCCCCCCC/C=C\CCCCCCCC(=O)O. The van der Waals surface area contributed by atoms with Crippen LogP contribution in [0.3, 0.4) is 0 Å². The molecule has 1 aliphatic heterocycles. The number of unbranched alkanes of at least 4 members (excludes halogenated alkanes) is 11. The van der Waals surface area contributed by atoms with Crippen LogP contribution in [0.2, 0.25) is 0 Å². The molecule has 0 saturated carbocycles. The van der Waals surface area contributed by atoms with E-state index < -0.39 is 37.6 Å². The van der Waals surface area contributed by atoms with Crippen LogP contribution in [0.5, 0.6) is 0 Å². The van der Waals surface area contributed by atoms with Gasteiger partial charge in [-0.1, -0.05) is 63.2 Å². The molecule has 0 spiro atoms. The van der Waals surface area contributed by atoms with E-state index in [4.69, 9.17) is 10.1 Å². The Balaban J connectivity index is 1.38. The zero-order valence-corrected chi connectivity index (χ0v) is 32.3. The molecule has 0 radical (unpaired) electrons. The first-order valence-corrected chi connectivity index (χ1v) is 22.3. The number of hydrogen-bond donors (Lipinski definition) is 2. The number of hydrogen-bond acceptors (Lipinski definition) is 8. The standard InChI is InChI=1S/C39H53FN4O7S2/c1-52(48,49)34-28-31(40)24-23-30(34)29-42-39(47)37-32(36-33(21-19-25-41-36)38(43-37)44-26-17-18-27-53(44,50)51)20-15-13-11-9-7-5-3-2-4-6-8-10-12-14-16-22-35(45)46/h2,4,19,21,23-25,28H,3,5-18,20,22,26-27,29H2,1H3,(H,42,47)(H,45,46)/b4-2-. The summed E-state index contributed by atoms with van der Waals surface area (Å²) in [6, 6.07) is 6.88. The number of nitrogens with zero attached hydrogens (tertiary/aromatic N) is 3. The maximum Gasteiger partial charge on any atom is 0.303 e. The largest absolute Gasteiger partial charge is 0.481 e. The fourth-order valence-corrected chi connectivity index (χ4v) is 9.21. The zero-order chi connectivity index (χ0) is 38.3. The highest BCUT2D eigenvalue weighted by Gasteiger charge is 2.31. The molecule has 1 aromatic carbocycles. The van der Waals surface area contributed by atoms with E-state index in [2.05, 4.69) is 22.5 Å². The van der Waals surface area contributed by atoms with Crippen LogP contribution in [-0.2, 0) is 37.6 Å². The number of carboxylic acids is 1. The maximum atomic E-state index is 13.9. The molecule has 1 aliphatic rings. The van der Waals surface area contributed by atoms with Crippen LogP contribution in [0.15, 0.2) is 53.6 Å². The van der Waals surface area contributed by atoms with E-state index in [0.29, 0.717) is 35.7 Å². The molecule has 290 valence electrons. The summed E-state index contributed by atoms with van der Waals surface area (Å²) < 4.78 is 66.3. The Hall–Kier alpha value is -3.91. The molecule has 0 aliphatic carbocycles. The van der Waals surface area contributed by atoms with Gasteiger partial charge in [0.25, 0.3) is 5.91 Å². The Morgan fingerprint density at radius 1 is 0.943 bits per heavy atom. The van der Waals surface area contributed by atoms with Gasteiger partial charge in [-0.2, -0.15) is 0 Å². The van der Waals surface area contributed by atoms with E-state index in [9.17, 15) is 30.8 Å². The normalized spacial score (nSPS) is 14.6. The molecule has 1 amide bonds. The van der Waals surface area contributed by atoms with Gasteiger partial charge in [0.15, 0.2) is 15.7 Å². The van der Waals surface area contributed by atoms with Gasteiger partial charge in [-0.3, -0.25) is 18.9 Å². The summed E-state index contributed by atoms with van der Waals surface area (Å²) in [5.74, 6) is -1.90. The fraction of sp³-hybridized carbons (Fsp3) is 0.538. The minimum absolute atomic E-state index is 0.0202. The van der Waals surface area contributed by atoms with Gasteiger partial charge in [-0.05, 0) is 87.6 Å². The van der Waals surface area contributed by atoms with E-state index in [0.717, 1.165) is 102 Å². The number of allylic oxidation sites excluding steroid dienone is 2. The van der Waals surface area contributed by atoms with E-state index in [-0.39, 0.29) is 47.2 Å². The molecule has 0 unspecified atom stereocenters. The number of sulfonamides is 1. The summed E-state index contributed by atoms with van der Waals surface area (Å²) in [5.41, 5.74) is 1.37. The van der Waals surface area contributed by atoms with Crippen molar-refractivity contribution in [2.75, 3.05) is 22.9 Å². The number of fused-ring (bicyclic) bond motifs is 1. The van der Waals surface area contributed by atoms with Crippen molar-refractivity contribution in [3.05, 3.63) is 71.3 Å². The van der Waals surface area contributed by atoms with Crippen molar-refractivity contribution in [3.63, 3.8) is 0 Å². The van der Waals surface area contributed by atoms with E-state index in [1.807, 2.05) is 0 Å². The molecule has 53 heavy (non-hydrogen) atoms. The van der Waals surface area contributed by atoms with Gasteiger partial charge in [0.2, 0.25) is 10.0 Å². The Morgan fingerprint density at radius 3 is 2.26 bits per heavy atom. The lowest BCUT2D eigenvalue weighted by molar-refractivity contribution is -0.137. The number of carbonyl (C=O) groups excluding carboxylic acids is 1. The van der Waals surface area contributed by atoms with Crippen molar-refractivity contribution < 1.29 is 35.9 Å². The smallest absolute Gasteiger partial charge is 0.303 e. The van der Waals surface area contributed by atoms with Gasteiger partial charge in [0.05, 0.1) is 16.2 Å². The van der Waals surface area contributed by atoms with Crippen LogP contribution < -0.4 is 9.62 Å². The Morgan fingerprint density at radius 2 is 1.60 bits per heavy atom. The number of sulfone groups is 1. The number of aryl methyl sites for hydroxylation is 1. The molecular weight excluding hydrogens is 720 g/mol. The summed E-state index contributed by atoms with van der Waals surface area (Å²) in [7, 11) is -7.44. The van der Waals surface area contributed by atoms with Gasteiger partial charge in [0.1, 0.15) is 11.5 Å². The number of anilines is 1. The van der Waals surface area contributed by atoms with Crippen molar-refractivity contribution in [1.29, 1.82) is 0 Å². The number of amides is 1. The summed E-state index contributed by atoms with van der Waals surface area (Å²) in [5, 5.41) is 12.0. The predicted octanol–water partition coefficient (Wildman–Crippen LogP) is 7.68. The first-order valence-electron chi connectivity index (χ1n) is 18.8. The lowest BCUT2D eigenvalue weighted by Crippen LogP contribution is -2.39. The zero-order valence-electron chi connectivity index (χ0n) is 30.7. The van der Waals surface area contributed by atoms with Crippen molar-refractivity contribution in [2.45, 2.75) is 121 Å². The second kappa shape index (κ2) is 20.5. The molecule has 3 aromatic rings. The summed E-state index contributed by atoms with van der Waals surface area (Å²) >= 11 is 0. The van der Waals surface area contributed by atoms with Crippen LogP contribution in [0.1, 0.15) is 124 Å². The van der Waals surface area contributed by atoms with Crippen molar-refractivity contribution in [2.24, 2.45) is 0 Å². The van der Waals surface area contributed by atoms with Crippen LogP contribution >= 0.6 is 0 Å². The number of pyridine rings is 2. The number of aromatic nitrogens is 2. The molecule has 14 heteroatoms. The van der Waals surface area contributed by atoms with E-state index >= 15 is 0 Å². The average Bonchev–Trinajstić information content (AvgIpc) is 3.11. The summed E-state index contributed by atoms with van der Waals surface area (Å²) in [4.78, 5) is 33.5. The average molecular weight is 773 g/mol. The van der Waals surface area contributed by atoms with E-state index in [1.54, 1.807) is 18.3 Å². The van der Waals surface area contributed by atoms with Crippen molar-refractivity contribution in [3.8, 4) is 0 Å². The molecule has 0 atom stereocenters. The van der Waals surface area contributed by atoms with Crippen LogP contribution in [-0.4, -0.2) is 62.3 Å². The molecule has 3 heterocycles. The Labute approximate surface area is 313 Å². The quantitative estimate of drug-likeness (QED) is 0.0770. The minimum Gasteiger partial charge on any atom is -0.481 e.